The molecule has 0 spiro atoms. The minimum atomic E-state index is -0.770. The van der Waals surface area contributed by atoms with Crippen LogP contribution < -0.4 is 11.1 Å². The van der Waals surface area contributed by atoms with Gasteiger partial charge >= 0.3 is 0 Å². The second kappa shape index (κ2) is 7.68. The minimum absolute atomic E-state index is 0.195. The first-order valence-electron chi connectivity index (χ1n) is 6.07. The van der Waals surface area contributed by atoms with Crippen LogP contribution in [-0.2, 0) is 20.7 Å². The summed E-state index contributed by atoms with van der Waals surface area (Å²) in [5.41, 5.74) is 6.42. The lowest BCUT2D eigenvalue weighted by molar-refractivity contribution is -0.128. The maximum atomic E-state index is 11.8. The van der Waals surface area contributed by atoms with Gasteiger partial charge in [0.15, 0.2) is 17.8 Å². The van der Waals surface area contributed by atoms with E-state index in [0.717, 1.165) is 0 Å². The van der Waals surface area contributed by atoms with Crippen LogP contribution in [0.2, 0.25) is 0 Å². The Morgan fingerprint density at radius 3 is 2.50 bits per heavy atom. The molecule has 0 heterocycles. The molecule has 0 aromatic heterocycles. The van der Waals surface area contributed by atoms with Gasteiger partial charge in [-0.1, -0.05) is 6.07 Å². The molecule has 0 aliphatic heterocycles. The van der Waals surface area contributed by atoms with Gasteiger partial charge in [-0.2, -0.15) is 0 Å². The molecule has 0 saturated carbocycles. The van der Waals surface area contributed by atoms with Crippen molar-refractivity contribution in [2.24, 2.45) is 5.73 Å². The Morgan fingerprint density at radius 2 is 1.95 bits per heavy atom. The van der Waals surface area contributed by atoms with Crippen LogP contribution in [0.1, 0.15) is 5.56 Å². The lowest BCUT2D eigenvalue weighted by Gasteiger charge is -2.16. The van der Waals surface area contributed by atoms with Crippen molar-refractivity contribution in [1.29, 1.82) is 0 Å². The Kier molecular flexibility index (Phi) is 6.23. The van der Waals surface area contributed by atoms with E-state index in [1.54, 1.807) is 6.07 Å². The van der Waals surface area contributed by atoms with Crippen molar-refractivity contribution in [2.75, 3.05) is 20.8 Å². The molecule has 20 heavy (non-hydrogen) atoms. The van der Waals surface area contributed by atoms with Crippen molar-refractivity contribution in [2.45, 2.75) is 18.8 Å². The molecular weight excluding hydrogens is 264 g/mol. The predicted octanol–water partition coefficient (Wildman–Crippen LogP) is -0.297. The number of phenolic OH excluding ortho intramolecular Hbond substituents is 2. The van der Waals surface area contributed by atoms with Crippen molar-refractivity contribution in [1.82, 2.24) is 5.32 Å². The maximum Gasteiger partial charge on any atom is 0.237 e. The molecule has 0 bridgehead atoms. The highest BCUT2D eigenvalue weighted by molar-refractivity contribution is 5.81. The SMILES string of the molecule is COC(CNC(=O)[C@@H](N)Cc1ccc(O)c(O)c1)OC. The van der Waals surface area contributed by atoms with E-state index in [9.17, 15) is 15.0 Å². The molecule has 7 nitrogen and oxygen atoms in total. The molecule has 0 radical (unpaired) electrons. The first kappa shape index (κ1) is 16.2. The number of phenols is 2. The van der Waals surface area contributed by atoms with Crippen LogP contribution >= 0.6 is 0 Å². The van der Waals surface area contributed by atoms with Crippen molar-refractivity contribution in [3.63, 3.8) is 0 Å². The standard InChI is InChI=1S/C13H20N2O5/c1-19-12(20-2)7-15-13(18)9(14)5-8-3-4-10(16)11(17)6-8/h3-4,6,9,12,16-17H,5,7,14H2,1-2H3,(H,15,18)/t9-/m0/s1. The van der Waals surface area contributed by atoms with E-state index >= 15 is 0 Å². The Balaban J connectivity index is 2.50. The van der Waals surface area contributed by atoms with E-state index in [4.69, 9.17) is 15.2 Å². The molecule has 1 aromatic rings. The lowest BCUT2D eigenvalue weighted by Crippen LogP contribution is -2.45. The number of ether oxygens (including phenoxy) is 2. The molecule has 112 valence electrons. The molecule has 0 aliphatic rings. The summed E-state index contributed by atoms with van der Waals surface area (Å²) >= 11 is 0. The van der Waals surface area contributed by atoms with E-state index < -0.39 is 12.3 Å². The van der Waals surface area contributed by atoms with Gasteiger partial charge in [0.1, 0.15) is 0 Å². The van der Waals surface area contributed by atoms with Gasteiger partial charge in [0.2, 0.25) is 5.91 Å². The second-order valence-electron chi connectivity index (χ2n) is 4.28. The van der Waals surface area contributed by atoms with E-state index in [2.05, 4.69) is 5.32 Å². The number of carbonyl (C=O) groups is 1. The number of hydrogen-bond acceptors (Lipinski definition) is 6. The number of nitrogens with one attached hydrogen (secondary N) is 1. The van der Waals surface area contributed by atoms with Crippen LogP contribution in [0.3, 0.4) is 0 Å². The third kappa shape index (κ3) is 4.69. The van der Waals surface area contributed by atoms with Gasteiger partial charge in [-0.25, -0.2) is 0 Å². The molecule has 1 rings (SSSR count). The molecule has 0 fully saturated rings. The zero-order chi connectivity index (χ0) is 15.1. The summed E-state index contributed by atoms with van der Waals surface area (Å²) in [7, 11) is 2.94. The Morgan fingerprint density at radius 1 is 1.30 bits per heavy atom. The fourth-order valence-electron chi connectivity index (χ4n) is 1.62. The third-order valence-electron chi connectivity index (χ3n) is 2.80. The van der Waals surface area contributed by atoms with E-state index in [1.165, 1.54) is 26.4 Å². The monoisotopic (exact) mass is 284 g/mol. The van der Waals surface area contributed by atoms with Gasteiger partial charge in [-0.15, -0.1) is 0 Å². The van der Waals surface area contributed by atoms with Gasteiger partial charge in [-0.3, -0.25) is 4.79 Å². The number of aromatic hydroxyl groups is 2. The Labute approximate surface area is 117 Å². The molecule has 1 amide bonds. The number of benzene rings is 1. The fraction of sp³-hybridized carbons (Fsp3) is 0.462. The van der Waals surface area contributed by atoms with Gasteiger partial charge in [-0.05, 0) is 24.1 Å². The molecular formula is C13H20N2O5. The summed E-state index contributed by atoms with van der Waals surface area (Å²) in [5.74, 6) is -0.805. The molecule has 0 unspecified atom stereocenters. The zero-order valence-electron chi connectivity index (χ0n) is 11.5. The first-order valence-corrected chi connectivity index (χ1v) is 6.07. The second-order valence-corrected chi connectivity index (χ2v) is 4.28. The van der Waals surface area contributed by atoms with Crippen molar-refractivity contribution >= 4 is 5.91 Å². The smallest absolute Gasteiger partial charge is 0.237 e. The summed E-state index contributed by atoms with van der Waals surface area (Å²) in [6.45, 7) is 0.195. The summed E-state index contributed by atoms with van der Waals surface area (Å²) < 4.78 is 9.88. The van der Waals surface area contributed by atoms with Gasteiger partial charge in [0.05, 0.1) is 12.6 Å². The number of methoxy groups -OCH3 is 2. The normalized spacial score (nSPS) is 12.4. The number of amides is 1. The van der Waals surface area contributed by atoms with E-state index in [1.807, 2.05) is 0 Å². The predicted molar refractivity (Wildman–Crippen MR) is 72.3 cm³/mol. The Hall–Kier alpha value is -1.83. The fourth-order valence-corrected chi connectivity index (χ4v) is 1.62. The van der Waals surface area contributed by atoms with Gasteiger partial charge in [0.25, 0.3) is 0 Å². The number of hydrogen-bond donors (Lipinski definition) is 4. The summed E-state index contributed by atoms with van der Waals surface area (Å²) in [5, 5.41) is 21.2. The van der Waals surface area contributed by atoms with Crippen molar-refractivity contribution in [3.8, 4) is 11.5 Å². The van der Waals surface area contributed by atoms with Crippen molar-refractivity contribution in [3.05, 3.63) is 23.8 Å². The molecule has 0 saturated heterocycles. The van der Waals surface area contributed by atoms with Crippen LogP contribution in [-0.4, -0.2) is 49.2 Å². The Bertz CT molecular complexity index is 448. The summed E-state index contributed by atoms with van der Waals surface area (Å²) in [6.07, 6.45) is -0.284. The minimum Gasteiger partial charge on any atom is -0.504 e. The van der Waals surface area contributed by atoms with Crippen LogP contribution in [0.4, 0.5) is 0 Å². The van der Waals surface area contributed by atoms with Crippen LogP contribution in [0.5, 0.6) is 11.5 Å². The topological polar surface area (TPSA) is 114 Å². The summed E-state index contributed by atoms with van der Waals surface area (Å²) in [6, 6.07) is 3.54. The molecule has 7 heteroatoms. The molecule has 0 aliphatic carbocycles. The maximum absolute atomic E-state index is 11.8. The average Bonchev–Trinajstić information content (AvgIpc) is 2.43. The van der Waals surface area contributed by atoms with Crippen molar-refractivity contribution < 1.29 is 24.5 Å². The lowest BCUT2D eigenvalue weighted by atomic mass is 10.1. The van der Waals surface area contributed by atoms with Gasteiger partial charge < -0.3 is 30.7 Å². The van der Waals surface area contributed by atoms with Gasteiger partial charge in [0, 0.05) is 14.2 Å². The molecule has 1 aromatic carbocycles. The van der Waals surface area contributed by atoms with Crippen LogP contribution in [0.25, 0.3) is 0 Å². The highest BCUT2D eigenvalue weighted by Crippen LogP contribution is 2.25. The number of nitrogens with two attached hydrogens (primary N) is 1. The number of carbonyl (C=O) groups excluding carboxylic acids is 1. The summed E-state index contributed by atoms with van der Waals surface area (Å²) in [4.78, 5) is 11.8. The zero-order valence-corrected chi connectivity index (χ0v) is 11.5. The highest BCUT2D eigenvalue weighted by Gasteiger charge is 2.16. The number of rotatable bonds is 7. The van der Waals surface area contributed by atoms with E-state index in [-0.39, 0.29) is 30.4 Å². The third-order valence-corrected chi connectivity index (χ3v) is 2.80. The first-order chi connectivity index (χ1) is 9.47. The molecule has 5 N–H and O–H groups in total. The highest BCUT2D eigenvalue weighted by atomic mass is 16.7. The average molecular weight is 284 g/mol. The van der Waals surface area contributed by atoms with Crippen LogP contribution in [0, 0.1) is 0 Å². The molecule has 1 atom stereocenters. The van der Waals surface area contributed by atoms with Crippen LogP contribution in [0.15, 0.2) is 18.2 Å². The quantitative estimate of drug-likeness (QED) is 0.404. The van der Waals surface area contributed by atoms with E-state index in [0.29, 0.717) is 5.56 Å². The largest absolute Gasteiger partial charge is 0.504 e.